The molecule has 1 atom stereocenters. The van der Waals surface area contributed by atoms with Crippen molar-refractivity contribution in [1.82, 2.24) is 5.32 Å². The topological polar surface area (TPSA) is 67.8 Å². The minimum absolute atomic E-state index is 0.203. The average molecular weight is 319 g/mol. The Morgan fingerprint density at radius 1 is 1.35 bits per heavy atom. The van der Waals surface area contributed by atoms with Gasteiger partial charge in [-0.05, 0) is 24.2 Å². The molecule has 0 spiro atoms. The summed E-state index contributed by atoms with van der Waals surface area (Å²) in [5, 5.41) is 6.44. The van der Waals surface area contributed by atoms with Crippen LogP contribution in [0, 0.1) is 10.8 Å². The van der Waals surface area contributed by atoms with Crippen molar-refractivity contribution < 1.29 is 9.53 Å². The van der Waals surface area contributed by atoms with E-state index in [4.69, 9.17) is 27.9 Å². The van der Waals surface area contributed by atoms with Crippen molar-refractivity contribution in [3.05, 3.63) is 32.6 Å². The van der Waals surface area contributed by atoms with Gasteiger partial charge in [0, 0.05) is 12.1 Å². The second-order valence-electron chi connectivity index (χ2n) is 4.57. The smallest absolute Gasteiger partial charge is 0.309 e. The molecule has 0 radical (unpaired) electrons. The van der Waals surface area contributed by atoms with Gasteiger partial charge in [-0.3, -0.25) is 10.1 Å². The Morgan fingerprint density at radius 3 is 2.55 bits per heavy atom. The van der Waals surface area contributed by atoms with Crippen molar-refractivity contribution in [2.75, 3.05) is 0 Å². The van der Waals surface area contributed by atoms with Crippen LogP contribution in [-0.4, -0.2) is 12.2 Å². The molecule has 0 aliphatic carbocycles. The van der Waals surface area contributed by atoms with Crippen molar-refractivity contribution >= 4 is 34.9 Å². The standard InChI is InChI=1S/C13H16Cl2N2O3/c1-7(2)13(18)20-8(3)16-6-9-11(17-19)5-4-10(14)12(9)15/h4-5,7-8,16H,6H2,1-3H3. The second kappa shape index (κ2) is 7.57. The number of halogens is 2. The molecule has 1 rings (SSSR count). The van der Waals surface area contributed by atoms with Gasteiger partial charge >= 0.3 is 5.97 Å². The van der Waals surface area contributed by atoms with E-state index in [1.54, 1.807) is 20.8 Å². The lowest BCUT2D eigenvalue weighted by Gasteiger charge is -2.17. The first-order chi connectivity index (χ1) is 9.36. The predicted molar refractivity (Wildman–Crippen MR) is 79.1 cm³/mol. The number of benzene rings is 1. The lowest BCUT2D eigenvalue weighted by Crippen LogP contribution is -2.32. The molecule has 0 fully saturated rings. The van der Waals surface area contributed by atoms with Crippen molar-refractivity contribution in [3.8, 4) is 0 Å². The molecular weight excluding hydrogens is 303 g/mol. The molecule has 0 aliphatic heterocycles. The molecule has 1 N–H and O–H groups in total. The molecular formula is C13H16Cl2N2O3. The summed E-state index contributed by atoms with van der Waals surface area (Å²) < 4.78 is 5.14. The van der Waals surface area contributed by atoms with Gasteiger partial charge < -0.3 is 4.74 Å². The minimum Gasteiger partial charge on any atom is -0.447 e. The Balaban J connectivity index is 2.72. The van der Waals surface area contributed by atoms with Gasteiger partial charge in [0.1, 0.15) is 5.69 Å². The fraction of sp³-hybridized carbons (Fsp3) is 0.462. The molecule has 0 heterocycles. The maximum Gasteiger partial charge on any atom is 0.309 e. The predicted octanol–water partition coefficient (Wildman–Crippen LogP) is 4.03. The van der Waals surface area contributed by atoms with Gasteiger partial charge in [-0.25, -0.2) is 0 Å². The molecule has 0 bridgehead atoms. The van der Waals surface area contributed by atoms with Gasteiger partial charge in [-0.2, -0.15) is 0 Å². The summed E-state index contributed by atoms with van der Waals surface area (Å²) in [5.74, 6) is -0.517. The molecule has 5 nitrogen and oxygen atoms in total. The van der Waals surface area contributed by atoms with Crippen molar-refractivity contribution in [1.29, 1.82) is 0 Å². The molecule has 0 aliphatic rings. The van der Waals surface area contributed by atoms with Crippen LogP contribution in [0.15, 0.2) is 17.3 Å². The number of carbonyl (C=O) groups is 1. The van der Waals surface area contributed by atoms with Crippen LogP contribution in [-0.2, 0) is 16.1 Å². The van der Waals surface area contributed by atoms with Crippen molar-refractivity contribution in [2.45, 2.75) is 33.5 Å². The van der Waals surface area contributed by atoms with E-state index < -0.39 is 6.23 Å². The first kappa shape index (κ1) is 16.9. The minimum atomic E-state index is -0.514. The van der Waals surface area contributed by atoms with E-state index in [-0.39, 0.29) is 29.1 Å². The molecule has 20 heavy (non-hydrogen) atoms. The van der Waals surface area contributed by atoms with Gasteiger partial charge in [-0.15, -0.1) is 4.91 Å². The zero-order valence-electron chi connectivity index (χ0n) is 11.4. The number of hydrogen-bond donors (Lipinski definition) is 1. The average Bonchev–Trinajstić information content (AvgIpc) is 2.40. The Kier molecular flexibility index (Phi) is 6.39. The maximum atomic E-state index is 11.4. The van der Waals surface area contributed by atoms with Gasteiger partial charge in [0.05, 0.1) is 16.0 Å². The fourth-order valence-electron chi connectivity index (χ4n) is 1.43. The van der Waals surface area contributed by atoms with Crippen LogP contribution in [0.5, 0.6) is 0 Å². The summed E-state index contributed by atoms with van der Waals surface area (Å²) in [7, 11) is 0. The van der Waals surface area contributed by atoms with E-state index in [9.17, 15) is 9.70 Å². The lowest BCUT2D eigenvalue weighted by molar-refractivity contribution is -0.153. The van der Waals surface area contributed by atoms with Crippen molar-refractivity contribution in [2.24, 2.45) is 11.1 Å². The number of nitrogens with one attached hydrogen (secondary N) is 1. The van der Waals surface area contributed by atoms with E-state index in [1.165, 1.54) is 12.1 Å². The van der Waals surface area contributed by atoms with E-state index >= 15 is 0 Å². The number of nitrogens with zero attached hydrogens (tertiary/aromatic N) is 1. The third-order valence-corrected chi connectivity index (χ3v) is 3.44. The molecule has 0 amide bonds. The van der Waals surface area contributed by atoms with E-state index in [2.05, 4.69) is 10.5 Å². The fourth-order valence-corrected chi connectivity index (χ4v) is 1.84. The third kappa shape index (κ3) is 4.44. The summed E-state index contributed by atoms with van der Waals surface area (Å²) >= 11 is 11.9. The monoisotopic (exact) mass is 318 g/mol. The van der Waals surface area contributed by atoms with Gasteiger partial charge in [0.2, 0.25) is 0 Å². The Hall–Kier alpha value is -1.17. The van der Waals surface area contributed by atoms with Crippen LogP contribution in [0.1, 0.15) is 26.3 Å². The quantitative estimate of drug-likeness (QED) is 0.488. The Morgan fingerprint density at radius 2 is 2.00 bits per heavy atom. The highest BCUT2D eigenvalue weighted by Crippen LogP contribution is 2.33. The number of nitroso groups, excluding NO2 is 1. The number of esters is 1. The van der Waals surface area contributed by atoms with Crippen LogP contribution in [0.2, 0.25) is 10.0 Å². The van der Waals surface area contributed by atoms with Crippen molar-refractivity contribution in [3.63, 3.8) is 0 Å². The molecule has 1 aromatic carbocycles. The summed E-state index contributed by atoms with van der Waals surface area (Å²) in [6.45, 7) is 5.40. The first-order valence-electron chi connectivity index (χ1n) is 6.11. The summed E-state index contributed by atoms with van der Waals surface area (Å²) in [6.07, 6.45) is -0.514. The zero-order chi connectivity index (χ0) is 15.3. The highest BCUT2D eigenvalue weighted by molar-refractivity contribution is 6.42. The third-order valence-electron chi connectivity index (χ3n) is 2.60. The normalized spacial score (nSPS) is 12.3. The Bertz CT molecular complexity index is 507. The highest BCUT2D eigenvalue weighted by Gasteiger charge is 2.15. The Labute approximate surface area is 127 Å². The number of rotatable bonds is 6. The molecule has 0 aromatic heterocycles. The molecule has 110 valence electrons. The van der Waals surface area contributed by atoms with Crippen LogP contribution in [0.3, 0.4) is 0 Å². The maximum absolute atomic E-state index is 11.4. The zero-order valence-corrected chi connectivity index (χ0v) is 13.0. The molecule has 0 saturated heterocycles. The second-order valence-corrected chi connectivity index (χ2v) is 5.35. The van der Waals surface area contributed by atoms with E-state index in [1.807, 2.05) is 0 Å². The number of ether oxygens (including phenoxy) is 1. The number of carbonyl (C=O) groups excluding carboxylic acids is 1. The highest BCUT2D eigenvalue weighted by atomic mass is 35.5. The van der Waals surface area contributed by atoms with Crippen LogP contribution in [0.4, 0.5) is 5.69 Å². The van der Waals surface area contributed by atoms with Gasteiger partial charge in [0.25, 0.3) is 0 Å². The van der Waals surface area contributed by atoms with Crippen LogP contribution < -0.4 is 5.32 Å². The molecule has 7 heteroatoms. The van der Waals surface area contributed by atoms with Gasteiger partial charge in [-0.1, -0.05) is 37.0 Å². The van der Waals surface area contributed by atoms with Crippen LogP contribution in [0.25, 0.3) is 0 Å². The molecule has 1 unspecified atom stereocenters. The first-order valence-corrected chi connectivity index (χ1v) is 6.86. The molecule has 0 saturated carbocycles. The SMILES string of the molecule is CC(NCc1c(N=O)ccc(Cl)c1Cl)OC(=O)C(C)C. The van der Waals surface area contributed by atoms with E-state index in [0.29, 0.717) is 10.6 Å². The summed E-state index contributed by atoms with van der Waals surface area (Å²) in [6, 6.07) is 3.00. The summed E-state index contributed by atoms with van der Waals surface area (Å²) in [4.78, 5) is 22.2. The van der Waals surface area contributed by atoms with Crippen LogP contribution >= 0.6 is 23.2 Å². The summed E-state index contributed by atoms with van der Waals surface area (Å²) in [5.41, 5.74) is 0.677. The number of hydrogen-bond acceptors (Lipinski definition) is 5. The van der Waals surface area contributed by atoms with Gasteiger partial charge in [0.15, 0.2) is 6.23 Å². The van der Waals surface area contributed by atoms with E-state index in [0.717, 1.165) is 0 Å². The molecule has 1 aromatic rings. The lowest BCUT2D eigenvalue weighted by atomic mass is 10.2. The largest absolute Gasteiger partial charge is 0.447 e.